The molecular formula is C18H28BrNO. The molecule has 1 aromatic rings. The Morgan fingerprint density at radius 3 is 2.38 bits per heavy atom. The average Bonchev–Trinajstić information content (AvgIpc) is 2.48. The molecule has 0 aromatic heterocycles. The first-order valence-electron chi connectivity index (χ1n) is 8.16. The Bertz CT molecular complexity index is 419. The normalized spacial score (nSPS) is 12.3. The maximum absolute atomic E-state index is 12.1. The van der Waals surface area contributed by atoms with Gasteiger partial charge in [-0.15, -0.1) is 0 Å². The summed E-state index contributed by atoms with van der Waals surface area (Å²) in [5.41, 5.74) is 7.04. The molecule has 0 aliphatic carbocycles. The van der Waals surface area contributed by atoms with Gasteiger partial charge in [0.2, 0.25) is 0 Å². The van der Waals surface area contributed by atoms with Crippen molar-refractivity contribution in [1.29, 1.82) is 0 Å². The van der Waals surface area contributed by atoms with E-state index in [-0.39, 0.29) is 11.8 Å². The largest absolute Gasteiger partial charge is 0.321 e. The Morgan fingerprint density at radius 2 is 1.71 bits per heavy atom. The van der Waals surface area contributed by atoms with E-state index in [1.807, 2.05) is 24.3 Å². The lowest BCUT2D eigenvalue weighted by molar-refractivity contribution is -0.119. The maximum atomic E-state index is 12.1. The Hall–Kier alpha value is -0.670. The lowest BCUT2D eigenvalue weighted by atomic mass is 9.99. The molecular weight excluding hydrogens is 326 g/mol. The lowest BCUT2D eigenvalue weighted by Crippen LogP contribution is -2.31. The number of hydrogen-bond donors (Lipinski definition) is 1. The molecule has 21 heavy (non-hydrogen) atoms. The van der Waals surface area contributed by atoms with E-state index in [0.29, 0.717) is 6.42 Å². The highest BCUT2D eigenvalue weighted by Gasteiger charge is 2.14. The summed E-state index contributed by atoms with van der Waals surface area (Å²) >= 11 is 3.47. The van der Waals surface area contributed by atoms with E-state index in [0.717, 1.165) is 22.9 Å². The number of carbonyl (C=O) groups is 1. The Morgan fingerprint density at radius 1 is 1.10 bits per heavy atom. The van der Waals surface area contributed by atoms with Crippen LogP contribution in [0, 0.1) is 0 Å². The van der Waals surface area contributed by atoms with Crippen molar-refractivity contribution in [3.8, 4) is 0 Å². The standard InChI is InChI=1S/C18H28BrNO/c1-2-3-4-5-6-7-8-13-17(20)18(21)14-15-11-9-10-12-16(15)19/h9-12,17H,2-8,13-14,20H2,1H3. The quantitative estimate of drug-likeness (QED) is 0.567. The van der Waals surface area contributed by atoms with Gasteiger partial charge in [-0.25, -0.2) is 0 Å². The molecule has 0 spiro atoms. The van der Waals surface area contributed by atoms with E-state index in [1.165, 1.54) is 38.5 Å². The predicted octanol–water partition coefficient (Wildman–Crippen LogP) is 5.03. The summed E-state index contributed by atoms with van der Waals surface area (Å²) in [5.74, 6) is 0.146. The minimum Gasteiger partial charge on any atom is -0.321 e. The number of halogens is 1. The number of unbranched alkanes of at least 4 members (excludes halogenated alkanes) is 6. The van der Waals surface area contributed by atoms with Gasteiger partial charge < -0.3 is 5.73 Å². The minimum atomic E-state index is -0.312. The third kappa shape index (κ3) is 7.77. The zero-order valence-corrected chi connectivity index (χ0v) is 14.7. The number of carbonyl (C=O) groups excluding carboxylic acids is 1. The fraction of sp³-hybridized carbons (Fsp3) is 0.611. The average molecular weight is 354 g/mol. The molecule has 3 heteroatoms. The van der Waals surface area contributed by atoms with Gasteiger partial charge >= 0.3 is 0 Å². The van der Waals surface area contributed by atoms with Gasteiger partial charge in [-0.2, -0.15) is 0 Å². The van der Waals surface area contributed by atoms with Gasteiger partial charge in [0.1, 0.15) is 0 Å². The zero-order chi connectivity index (χ0) is 15.5. The second-order valence-corrected chi connectivity index (χ2v) is 6.61. The molecule has 0 fully saturated rings. The van der Waals surface area contributed by atoms with Crippen LogP contribution in [0.25, 0.3) is 0 Å². The number of benzene rings is 1. The Labute approximate surface area is 137 Å². The number of nitrogens with two attached hydrogens (primary N) is 1. The van der Waals surface area contributed by atoms with Gasteiger partial charge in [-0.05, 0) is 18.1 Å². The summed E-state index contributed by atoms with van der Waals surface area (Å²) in [7, 11) is 0. The van der Waals surface area contributed by atoms with Crippen LogP contribution in [-0.4, -0.2) is 11.8 Å². The van der Waals surface area contributed by atoms with Gasteiger partial charge in [0.25, 0.3) is 0 Å². The van der Waals surface area contributed by atoms with Crippen LogP contribution in [0.2, 0.25) is 0 Å². The van der Waals surface area contributed by atoms with Crippen molar-refractivity contribution in [1.82, 2.24) is 0 Å². The number of rotatable bonds is 11. The van der Waals surface area contributed by atoms with Gasteiger partial charge in [0.05, 0.1) is 6.04 Å². The Balaban J connectivity index is 2.18. The SMILES string of the molecule is CCCCCCCCCC(N)C(=O)Cc1ccccc1Br. The highest BCUT2D eigenvalue weighted by atomic mass is 79.9. The molecule has 0 aliphatic rings. The van der Waals surface area contributed by atoms with Gasteiger partial charge in [-0.3, -0.25) is 4.79 Å². The molecule has 2 nitrogen and oxygen atoms in total. The molecule has 0 saturated carbocycles. The van der Waals surface area contributed by atoms with Crippen molar-refractivity contribution < 1.29 is 4.79 Å². The molecule has 1 aromatic carbocycles. The van der Waals surface area contributed by atoms with Crippen LogP contribution in [0.15, 0.2) is 28.7 Å². The smallest absolute Gasteiger partial charge is 0.153 e. The Kier molecular flexibility index (Phi) is 9.60. The maximum Gasteiger partial charge on any atom is 0.153 e. The summed E-state index contributed by atoms with van der Waals surface area (Å²) in [6.07, 6.45) is 10.0. The van der Waals surface area contributed by atoms with Crippen molar-refractivity contribution in [3.05, 3.63) is 34.3 Å². The van der Waals surface area contributed by atoms with E-state index >= 15 is 0 Å². The third-order valence-corrected chi connectivity index (χ3v) is 4.63. The van der Waals surface area contributed by atoms with E-state index < -0.39 is 0 Å². The molecule has 1 atom stereocenters. The lowest BCUT2D eigenvalue weighted by Gasteiger charge is -2.11. The van der Waals surface area contributed by atoms with E-state index in [2.05, 4.69) is 22.9 Å². The topological polar surface area (TPSA) is 43.1 Å². The number of ketones is 1. The first-order chi connectivity index (χ1) is 10.1. The van der Waals surface area contributed by atoms with Gasteiger partial charge in [0.15, 0.2) is 5.78 Å². The second kappa shape index (κ2) is 11.0. The monoisotopic (exact) mass is 353 g/mol. The molecule has 1 unspecified atom stereocenters. The first kappa shape index (κ1) is 18.4. The van der Waals surface area contributed by atoms with E-state index in [1.54, 1.807) is 0 Å². The molecule has 0 aliphatic heterocycles. The van der Waals surface area contributed by atoms with Crippen LogP contribution < -0.4 is 5.73 Å². The van der Waals surface area contributed by atoms with Crippen molar-refractivity contribution in [3.63, 3.8) is 0 Å². The molecule has 1 rings (SSSR count). The van der Waals surface area contributed by atoms with E-state index in [9.17, 15) is 4.79 Å². The van der Waals surface area contributed by atoms with Crippen molar-refractivity contribution >= 4 is 21.7 Å². The van der Waals surface area contributed by atoms with Crippen LogP contribution in [0.4, 0.5) is 0 Å². The highest BCUT2D eigenvalue weighted by Crippen LogP contribution is 2.17. The molecule has 2 N–H and O–H groups in total. The molecule has 0 amide bonds. The summed E-state index contributed by atoms with van der Waals surface area (Å²) in [6.45, 7) is 2.23. The summed E-state index contributed by atoms with van der Waals surface area (Å²) in [5, 5.41) is 0. The molecule has 0 heterocycles. The van der Waals surface area contributed by atoms with Gasteiger partial charge in [-0.1, -0.05) is 86.0 Å². The van der Waals surface area contributed by atoms with Crippen LogP contribution in [0.1, 0.15) is 63.9 Å². The first-order valence-corrected chi connectivity index (χ1v) is 8.96. The van der Waals surface area contributed by atoms with Crippen LogP contribution in [-0.2, 0) is 11.2 Å². The molecule has 0 bridgehead atoms. The summed E-state index contributed by atoms with van der Waals surface area (Å²) in [4.78, 5) is 12.1. The fourth-order valence-corrected chi connectivity index (χ4v) is 2.87. The predicted molar refractivity (Wildman–Crippen MR) is 93.4 cm³/mol. The second-order valence-electron chi connectivity index (χ2n) is 5.75. The van der Waals surface area contributed by atoms with Crippen LogP contribution in [0.3, 0.4) is 0 Å². The van der Waals surface area contributed by atoms with Crippen molar-refractivity contribution in [2.75, 3.05) is 0 Å². The van der Waals surface area contributed by atoms with Crippen LogP contribution in [0.5, 0.6) is 0 Å². The molecule has 118 valence electrons. The van der Waals surface area contributed by atoms with Gasteiger partial charge in [0, 0.05) is 10.9 Å². The van der Waals surface area contributed by atoms with Crippen molar-refractivity contribution in [2.45, 2.75) is 70.8 Å². The van der Waals surface area contributed by atoms with E-state index in [4.69, 9.17) is 5.73 Å². The molecule has 0 radical (unpaired) electrons. The zero-order valence-electron chi connectivity index (χ0n) is 13.1. The fourth-order valence-electron chi connectivity index (χ4n) is 2.44. The highest BCUT2D eigenvalue weighted by molar-refractivity contribution is 9.10. The van der Waals surface area contributed by atoms with Crippen molar-refractivity contribution in [2.24, 2.45) is 5.73 Å². The number of Topliss-reactive ketones (excluding diaryl/α,β-unsaturated/α-hetero) is 1. The van der Waals surface area contributed by atoms with Crippen LogP contribution >= 0.6 is 15.9 Å². The minimum absolute atomic E-state index is 0.146. The summed E-state index contributed by atoms with van der Waals surface area (Å²) < 4.78 is 0.987. The number of hydrogen-bond acceptors (Lipinski definition) is 2. The molecule has 0 saturated heterocycles. The summed E-state index contributed by atoms with van der Waals surface area (Å²) in [6, 6.07) is 7.53. The third-order valence-electron chi connectivity index (χ3n) is 3.85.